The first-order chi connectivity index (χ1) is 9.89. The van der Waals surface area contributed by atoms with Gasteiger partial charge in [-0.15, -0.1) is 0 Å². The SMILES string of the molecule is COc1ccc(N)cc1CNS(=O)(=O)Cc1cc(C)on1. The Bertz CT molecular complexity index is 725. The molecule has 0 unspecified atom stereocenters. The van der Waals surface area contributed by atoms with Gasteiger partial charge in [0.25, 0.3) is 0 Å². The van der Waals surface area contributed by atoms with Crippen molar-refractivity contribution in [2.75, 3.05) is 12.8 Å². The van der Waals surface area contributed by atoms with Crippen molar-refractivity contribution >= 4 is 15.7 Å². The number of rotatable bonds is 6. The summed E-state index contributed by atoms with van der Waals surface area (Å²) in [5, 5.41) is 3.66. The van der Waals surface area contributed by atoms with Crippen LogP contribution in [-0.4, -0.2) is 20.7 Å². The van der Waals surface area contributed by atoms with Crippen LogP contribution in [0.4, 0.5) is 5.69 Å². The quantitative estimate of drug-likeness (QED) is 0.776. The largest absolute Gasteiger partial charge is 0.496 e. The summed E-state index contributed by atoms with van der Waals surface area (Å²) in [6.45, 7) is 1.79. The Hall–Kier alpha value is -2.06. The molecule has 0 bridgehead atoms. The Labute approximate surface area is 123 Å². The number of nitrogen functional groups attached to an aromatic ring is 1. The minimum absolute atomic E-state index is 0.0907. The third-order valence-corrected chi connectivity index (χ3v) is 4.06. The standard InChI is InChI=1S/C13H17N3O4S/c1-9-5-12(16-20-9)8-21(17,18)15-7-10-6-11(14)3-4-13(10)19-2/h3-6,15H,7-8,14H2,1-2H3. The van der Waals surface area contributed by atoms with Gasteiger partial charge in [0.1, 0.15) is 23.0 Å². The molecular formula is C13H17N3O4S. The monoisotopic (exact) mass is 311 g/mol. The molecule has 0 aliphatic rings. The molecule has 1 aromatic heterocycles. The summed E-state index contributed by atoms with van der Waals surface area (Å²) in [4.78, 5) is 0. The molecule has 0 saturated carbocycles. The number of ether oxygens (including phenoxy) is 1. The minimum Gasteiger partial charge on any atom is -0.496 e. The van der Waals surface area contributed by atoms with Crippen LogP contribution in [0.2, 0.25) is 0 Å². The van der Waals surface area contributed by atoms with Crippen molar-refractivity contribution in [1.29, 1.82) is 0 Å². The molecular weight excluding hydrogens is 294 g/mol. The van der Waals surface area contributed by atoms with E-state index in [1.165, 1.54) is 7.11 Å². The summed E-state index contributed by atoms with van der Waals surface area (Å²) in [6, 6.07) is 6.64. The fraction of sp³-hybridized carbons (Fsp3) is 0.308. The van der Waals surface area contributed by atoms with Crippen LogP contribution in [0.25, 0.3) is 0 Å². The maximum atomic E-state index is 12.0. The summed E-state index contributed by atoms with van der Waals surface area (Å²) >= 11 is 0. The van der Waals surface area contributed by atoms with E-state index in [1.807, 2.05) is 0 Å². The van der Waals surface area contributed by atoms with Crippen LogP contribution in [0.1, 0.15) is 17.0 Å². The summed E-state index contributed by atoms with van der Waals surface area (Å²) in [5.41, 5.74) is 7.26. The van der Waals surface area contributed by atoms with E-state index in [4.69, 9.17) is 15.0 Å². The lowest BCUT2D eigenvalue weighted by molar-refractivity contribution is 0.392. The summed E-state index contributed by atoms with van der Waals surface area (Å²) < 4.78 is 36.5. The molecule has 1 heterocycles. The fourth-order valence-corrected chi connectivity index (χ4v) is 2.86. The van der Waals surface area contributed by atoms with Crippen molar-refractivity contribution in [2.24, 2.45) is 0 Å². The number of methoxy groups -OCH3 is 1. The average molecular weight is 311 g/mol. The van der Waals surface area contributed by atoms with Crippen LogP contribution in [-0.2, 0) is 22.3 Å². The van der Waals surface area contributed by atoms with Crippen LogP contribution < -0.4 is 15.2 Å². The van der Waals surface area contributed by atoms with Crippen molar-refractivity contribution in [2.45, 2.75) is 19.2 Å². The van der Waals surface area contributed by atoms with Crippen molar-refractivity contribution < 1.29 is 17.7 Å². The number of nitrogens with one attached hydrogen (secondary N) is 1. The van der Waals surface area contributed by atoms with E-state index in [0.29, 0.717) is 28.5 Å². The summed E-state index contributed by atoms with van der Waals surface area (Å²) in [5.74, 6) is 0.900. The second-order valence-corrected chi connectivity index (χ2v) is 6.39. The van der Waals surface area contributed by atoms with E-state index in [-0.39, 0.29) is 12.3 Å². The molecule has 21 heavy (non-hydrogen) atoms. The molecule has 0 aliphatic carbocycles. The summed E-state index contributed by atoms with van der Waals surface area (Å²) in [6.07, 6.45) is 0. The molecule has 0 amide bonds. The van der Waals surface area contributed by atoms with Gasteiger partial charge in [0.05, 0.1) is 7.11 Å². The van der Waals surface area contributed by atoms with Gasteiger partial charge in [-0.05, 0) is 25.1 Å². The molecule has 0 saturated heterocycles. The molecule has 1 aromatic carbocycles. The molecule has 7 nitrogen and oxygen atoms in total. The third kappa shape index (κ3) is 4.20. The van der Waals surface area contributed by atoms with E-state index in [9.17, 15) is 8.42 Å². The highest BCUT2D eigenvalue weighted by Gasteiger charge is 2.15. The first-order valence-corrected chi connectivity index (χ1v) is 7.87. The van der Waals surface area contributed by atoms with Crippen molar-refractivity contribution in [1.82, 2.24) is 9.88 Å². The van der Waals surface area contributed by atoms with Crippen LogP contribution in [0.3, 0.4) is 0 Å². The molecule has 8 heteroatoms. The molecule has 2 rings (SSSR count). The van der Waals surface area contributed by atoms with Crippen LogP contribution in [0.15, 0.2) is 28.8 Å². The van der Waals surface area contributed by atoms with Gasteiger partial charge in [-0.1, -0.05) is 5.16 Å². The zero-order chi connectivity index (χ0) is 15.5. The lowest BCUT2D eigenvalue weighted by Crippen LogP contribution is -2.25. The second-order valence-electron chi connectivity index (χ2n) is 4.58. The van der Waals surface area contributed by atoms with Crippen LogP contribution >= 0.6 is 0 Å². The van der Waals surface area contributed by atoms with Gasteiger partial charge in [-0.3, -0.25) is 0 Å². The average Bonchev–Trinajstić information content (AvgIpc) is 2.81. The van der Waals surface area contributed by atoms with Gasteiger partial charge >= 0.3 is 0 Å². The Morgan fingerprint density at radius 1 is 1.38 bits per heavy atom. The van der Waals surface area contributed by atoms with E-state index >= 15 is 0 Å². The maximum absolute atomic E-state index is 12.0. The van der Waals surface area contributed by atoms with Gasteiger partial charge in [0, 0.05) is 23.9 Å². The van der Waals surface area contributed by atoms with E-state index < -0.39 is 10.0 Å². The number of sulfonamides is 1. The lowest BCUT2D eigenvalue weighted by Gasteiger charge is -2.10. The number of benzene rings is 1. The predicted octanol–water partition coefficient (Wildman–Crippen LogP) is 1.19. The highest BCUT2D eigenvalue weighted by molar-refractivity contribution is 7.88. The second kappa shape index (κ2) is 6.15. The number of nitrogens with zero attached hydrogens (tertiary/aromatic N) is 1. The number of hydrogen-bond donors (Lipinski definition) is 2. The Balaban J connectivity index is 2.06. The Kier molecular flexibility index (Phi) is 4.49. The van der Waals surface area contributed by atoms with Gasteiger partial charge in [0.2, 0.25) is 10.0 Å². The third-order valence-electron chi connectivity index (χ3n) is 2.80. The molecule has 0 spiro atoms. The number of aryl methyl sites for hydroxylation is 1. The number of anilines is 1. The van der Waals surface area contributed by atoms with Gasteiger partial charge in [0.15, 0.2) is 0 Å². The van der Waals surface area contributed by atoms with Crippen LogP contribution in [0.5, 0.6) is 5.75 Å². The molecule has 0 fully saturated rings. The molecule has 114 valence electrons. The van der Waals surface area contributed by atoms with Crippen molar-refractivity contribution in [3.8, 4) is 5.75 Å². The highest BCUT2D eigenvalue weighted by atomic mass is 32.2. The Morgan fingerprint density at radius 2 is 2.14 bits per heavy atom. The number of nitrogens with two attached hydrogens (primary N) is 1. The predicted molar refractivity (Wildman–Crippen MR) is 78.1 cm³/mol. The normalized spacial score (nSPS) is 11.5. The topological polar surface area (TPSA) is 107 Å². The molecule has 0 atom stereocenters. The zero-order valence-electron chi connectivity index (χ0n) is 11.8. The fourth-order valence-electron chi connectivity index (χ4n) is 1.86. The van der Waals surface area contributed by atoms with Gasteiger partial charge < -0.3 is 15.0 Å². The maximum Gasteiger partial charge on any atom is 0.217 e. The van der Waals surface area contributed by atoms with E-state index in [2.05, 4.69) is 9.88 Å². The Morgan fingerprint density at radius 3 is 2.76 bits per heavy atom. The van der Waals surface area contributed by atoms with Crippen LogP contribution in [0, 0.1) is 6.92 Å². The molecule has 0 aliphatic heterocycles. The van der Waals surface area contributed by atoms with Crippen molar-refractivity contribution in [3.05, 3.63) is 41.3 Å². The number of aromatic nitrogens is 1. The first-order valence-electron chi connectivity index (χ1n) is 6.21. The van der Waals surface area contributed by atoms with Crippen molar-refractivity contribution in [3.63, 3.8) is 0 Å². The molecule has 3 N–H and O–H groups in total. The molecule has 2 aromatic rings. The molecule has 0 radical (unpaired) electrons. The van der Waals surface area contributed by atoms with E-state index in [1.54, 1.807) is 31.2 Å². The van der Waals surface area contributed by atoms with Gasteiger partial charge in [-0.2, -0.15) is 0 Å². The lowest BCUT2D eigenvalue weighted by atomic mass is 10.2. The highest BCUT2D eigenvalue weighted by Crippen LogP contribution is 2.21. The first kappa shape index (κ1) is 15.3. The zero-order valence-corrected chi connectivity index (χ0v) is 12.6. The summed E-state index contributed by atoms with van der Waals surface area (Å²) in [7, 11) is -2.01. The number of hydrogen-bond acceptors (Lipinski definition) is 6. The van der Waals surface area contributed by atoms with E-state index in [0.717, 1.165) is 0 Å². The smallest absolute Gasteiger partial charge is 0.217 e. The van der Waals surface area contributed by atoms with Gasteiger partial charge in [-0.25, -0.2) is 13.1 Å². The minimum atomic E-state index is -3.53.